The van der Waals surface area contributed by atoms with Crippen molar-refractivity contribution >= 4 is 15.8 Å². The Morgan fingerprint density at radius 3 is 2.62 bits per heavy atom. The Hall–Kier alpha value is -2.68. The molecule has 9 heteroatoms. The third-order valence-electron chi connectivity index (χ3n) is 2.77. The third-order valence-corrected chi connectivity index (χ3v) is 4.07. The summed E-state index contributed by atoms with van der Waals surface area (Å²) in [6, 6.07) is 9.19. The van der Waals surface area contributed by atoms with Crippen molar-refractivity contribution in [2.24, 2.45) is 0 Å². The highest BCUT2D eigenvalue weighted by Gasteiger charge is 2.20. The van der Waals surface area contributed by atoms with E-state index < -0.39 is 10.0 Å². The van der Waals surface area contributed by atoms with Gasteiger partial charge in [0.1, 0.15) is 10.6 Å². The van der Waals surface area contributed by atoms with Gasteiger partial charge in [0, 0.05) is 0 Å². The van der Waals surface area contributed by atoms with Gasteiger partial charge < -0.3 is 0 Å². The summed E-state index contributed by atoms with van der Waals surface area (Å²) >= 11 is 0. The minimum atomic E-state index is -3.79. The molecule has 1 N–H and O–H groups in total. The van der Waals surface area contributed by atoms with Crippen molar-refractivity contribution < 1.29 is 13.0 Å². The maximum absolute atomic E-state index is 12.2. The molecule has 0 saturated carbocycles. The zero-order chi connectivity index (χ0) is 14.9. The van der Waals surface area contributed by atoms with E-state index in [0.29, 0.717) is 5.69 Å². The minimum Gasteiger partial charge on any atom is -0.259 e. The highest BCUT2D eigenvalue weighted by Crippen LogP contribution is 2.17. The summed E-state index contributed by atoms with van der Waals surface area (Å²) in [5, 5.41) is 11.0. The van der Waals surface area contributed by atoms with Crippen LogP contribution in [0, 0.1) is 6.92 Å². The number of para-hydroxylation sites is 1. The molecule has 0 aliphatic carbocycles. The number of rotatable bonds is 4. The van der Waals surface area contributed by atoms with Crippen LogP contribution in [-0.4, -0.2) is 28.5 Å². The lowest BCUT2D eigenvalue weighted by atomic mass is 10.3. The van der Waals surface area contributed by atoms with Crippen molar-refractivity contribution in [3.8, 4) is 5.69 Å². The van der Waals surface area contributed by atoms with Gasteiger partial charge in [0.05, 0.1) is 18.1 Å². The van der Waals surface area contributed by atoms with Crippen LogP contribution in [-0.2, 0) is 10.0 Å². The van der Waals surface area contributed by atoms with Crippen LogP contribution >= 0.6 is 0 Å². The largest absolute Gasteiger partial charge is 0.266 e. The normalized spacial score (nSPS) is 11.5. The van der Waals surface area contributed by atoms with Crippen LogP contribution in [0.3, 0.4) is 0 Å². The molecule has 0 radical (unpaired) electrons. The lowest BCUT2D eigenvalue weighted by Gasteiger charge is -2.02. The summed E-state index contributed by atoms with van der Waals surface area (Å²) in [7, 11) is -3.79. The van der Waals surface area contributed by atoms with Crippen LogP contribution in [0.1, 0.15) is 5.69 Å². The first-order valence-electron chi connectivity index (χ1n) is 5.98. The maximum atomic E-state index is 12.2. The topological polar surface area (TPSA) is 103 Å². The molecule has 3 aromatic rings. The Kier molecular flexibility index (Phi) is 3.18. The number of nitrogens with one attached hydrogen (secondary N) is 1. The Balaban J connectivity index is 1.91. The summed E-state index contributed by atoms with van der Waals surface area (Å²) in [5.41, 5.74) is 1.12. The second-order valence-corrected chi connectivity index (χ2v) is 5.94. The fourth-order valence-electron chi connectivity index (χ4n) is 1.68. The van der Waals surface area contributed by atoms with Gasteiger partial charge >= 0.3 is 0 Å². The molecule has 0 fully saturated rings. The van der Waals surface area contributed by atoms with E-state index in [1.54, 1.807) is 6.92 Å². The molecule has 3 rings (SSSR count). The summed E-state index contributed by atoms with van der Waals surface area (Å²) in [5.74, 6) is 0.0578. The van der Waals surface area contributed by atoms with Gasteiger partial charge in [0.15, 0.2) is 0 Å². The zero-order valence-corrected chi connectivity index (χ0v) is 11.8. The van der Waals surface area contributed by atoms with E-state index in [-0.39, 0.29) is 10.7 Å². The summed E-state index contributed by atoms with van der Waals surface area (Å²) in [6.07, 6.45) is 2.68. The number of aromatic nitrogens is 4. The number of aryl methyl sites for hydroxylation is 1. The maximum Gasteiger partial charge on any atom is 0.266 e. The molecule has 0 aliphatic rings. The Morgan fingerprint density at radius 1 is 1.19 bits per heavy atom. The molecular formula is C12H11N5O3S. The number of sulfonamides is 1. The van der Waals surface area contributed by atoms with E-state index in [0.717, 1.165) is 5.69 Å². The van der Waals surface area contributed by atoms with Gasteiger partial charge in [-0.2, -0.15) is 5.10 Å². The first-order chi connectivity index (χ1) is 10.1. The molecule has 0 aliphatic heterocycles. The van der Waals surface area contributed by atoms with Crippen LogP contribution in [0.5, 0.6) is 0 Å². The second kappa shape index (κ2) is 5.02. The monoisotopic (exact) mass is 305 g/mol. The van der Waals surface area contributed by atoms with Crippen LogP contribution in [0.25, 0.3) is 5.69 Å². The lowest BCUT2D eigenvalue weighted by molar-refractivity contribution is 0.306. The van der Waals surface area contributed by atoms with Crippen molar-refractivity contribution in [2.75, 3.05) is 4.72 Å². The molecule has 0 amide bonds. The molecule has 0 saturated heterocycles. The van der Waals surface area contributed by atoms with Crippen molar-refractivity contribution in [1.29, 1.82) is 0 Å². The smallest absolute Gasteiger partial charge is 0.259 e. The molecule has 2 aromatic heterocycles. The average Bonchev–Trinajstić information content (AvgIpc) is 3.10. The summed E-state index contributed by atoms with van der Waals surface area (Å²) < 4.78 is 32.7. The molecule has 2 heterocycles. The molecule has 21 heavy (non-hydrogen) atoms. The van der Waals surface area contributed by atoms with Crippen LogP contribution < -0.4 is 4.72 Å². The molecule has 0 atom stereocenters. The first kappa shape index (κ1) is 13.3. The number of anilines is 1. The Morgan fingerprint density at radius 2 is 1.95 bits per heavy atom. The third kappa shape index (κ3) is 2.63. The Labute approximate surface area is 120 Å². The number of hydrogen-bond donors (Lipinski definition) is 1. The van der Waals surface area contributed by atoms with E-state index in [9.17, 15) is 8.42 Å². The van der Waals surface area contributed by atoms with E-state index in [2.05, 4.69) is 24.8 Å². The van der Waals surface area contributed by atoms with Crippen molar-refractivity contribution in [3.05, 3.63) is 48.4 Å². The van der Waals surface area contributed by atoms with E-state index in [1.807, 2.05) is 30.3 Å². The number of nitrogens with zero attached hydrogens (tertiary/aromatic N) is 4. The highest BCUT2D eigenvalue weighted by molar-refractivity contribution is 7.92. The average molecular weight is 305 g/mol. The molecule has 108 valence electrons. The first-order valence-corrected chi connectivity index (χ1v) is 7.47. The van der Waals surface area contributed by atoms with Crippen molar-refractivity contribution in [2.45, 2.75) is 11.8 Å². The molecule has 0 spiro atoms. The quantitative estimate of drug-likeness (QED) is 0.780. The summed E-state index contributed by atoms with van der Waals surface area (Å²) in [6.45, 7) is 1.59. The second-order valence-electron chi connectivity index (χ2n) is 4.26. The van der Waals surface area contributed by atoms with Crippen LogP contribution in [0.4, 0.5) is 5.82 Å². The zero-order valence-electron chi connectivity index (χ0n) is 11.0. The van der Waals surface area contributed by atoms with E-state index >= 15 is 0 Å². The summed E-state index contributed by atoms with van der Waals surface area (Å²) in [4.78, 5) is 0.0220. The van der Waals surface area contributed by atoms with E-state index in [1.165, 1.54) is 17.1 Å². The molecular weight excluding hydrogens is 294 g/mol. The molecule has 0 unspecified atom stereocenters. The predicted molar refractivity (Wildman–Crippen MR) is 73.4 cm³/mol. The fourth-order valence-corrected chi connectivity index (χ4v) is 2.66. The van der Waals surface area contributed by atoms with Gasteiger partial charge in [-0.25, -0.2) is 17.7 Å². The predicted octanol–water partition coefficient (Wildman–Crippen LogP) is 1.36. The Bertz CT molecular complexity index is 854. The van der Waals surface area contributed by atoms with Gasteiger partial charge in [-0.1, -0.05) is 23.4 Å². The van der Waals surface area contributed by atoms with Crippen molar-refractivity contribution in [3.63, 3.8) is 0 Å². The minimum absolute atomic E-state index is 0.0220. The highest BCUT2D eigenvalue weighted by atomic mass is 32.2. The van der Waals surface area contributed by atoms with Gasteiger partial charge in [0.2, 0.25) is 5.82 Å². The molecule has 0 bridgehead atoms. The number of benzene rings is 1. The van der Waals surface area contributed by atoms with Gasteiger partial charge in [-0.3, -0.25) is 4.72 Å². The standard InChI is InChI=1S/C12H11N5O3S/c1-9-12(15-20-14-9)16-21(18,19)11-7-13-17(8-11)10-5-3-2-4-6-10/h2-8H,1H3,(H,15,16). The lowest BCUT2D eigenvalue weighted by Crippen LogP contribution is -2.13. The SMILES string of the molecule is Cc1nonc1NS(=O)(=O)c1cnn(-c2ccccc2)c1. The number of hydrogen-bond acceptors (Lipinski definition) is 6. The van der Waals surface area contributed by atoms with E-state index in [4.69, 9.17) is 0 Å². The van der Waals surface area contributed by atoms with Crippen LogP contribution in [0.15, 0.2) is 52.3 Å². The van der Waals surface area contributed by atoms with Crippen LogP contribution in [0.2, 0.25) is 0 Å². The van der Waals surface area contributed by atoms with Crippen molar-refractivity contribution in [1.82, 2.24) is 20.1 Å². The fraction of sp³-hybridized carbons (Fsp3) is 0.0833. The van der Waals surface area contributed by atoms with Gasteiger partial charge in [-0.15, -0.1) is 0 Å². The molecule has 1 aromatic carbocycles. The molecule has 8 nitrogen and oxygen atoms in total. The van der Waals surface area contributed by atoms with Gasteiger partial charge in [-0.05, 0) is 24.2 Å². The van der Waals surface area contributed by atoms with Gasteiger partial charge in [0.25, 0.3) is 10.0 Å².